The molecule has 5 nitrogen and oxygen atoms in total. The highest BCUT2D eigenvalue weighted by Gasteiger charge is 2.17. The lowest BCUT2D eigenvalue weighted by Crippen LogP contribution is -2.25. The van der Waals surface area contributed by atoms with Crippen LogP contribution in [0.5, 0.6) is 0 Å². The Hall–Kier alpha value is -2.99. The van der Waals surface area contributed by atoms with Gasteiger partial charge in [0.05, 0.1) is 9.80 Å². The highest BCUT2D eigenvalue weighted by Crippen LogP contribution is 2.28. The number of thiophene rings is 1. The Kier molecular flexibility index (Phi) is 5.76. The van der Waals surface area contributed by atoms with Gasteiger partial charge in [0.1, 0.15) is 0 Å². The average Bonchev–Trinajstić information content (AvgIpc) is 3.17. The zero-order valence-electron chi connectivity index (χ0n) is 14.0. The smallest absolute Gasteiger partial charge is 0.324 e. The number of nitrogens with zero attached hydrogens (tertiary/aromatic N) is 1. The van der Waals surface area contributed by atoms with E-state index in [1.807, 2.05) is 36.4 Å². The Morgan fingerprint density at radius 3 is 2.04 bits per heavy atom. The SMILES string of the molecule is O=C(NCCC(c1ccccc1)c1ccccc1)c1ccc([N+](=O)[O-])s1. The van der Waals surface area contributed by atoms with Crippen LogP contribution in [0, 0.1) is 10.1 Å². The van der Waals surface area contributed by atoms with Crippen molar-refractivity contribution in [3.8, 4) is 0 Å². The zero-order valence-corrected chi connectivity index (χ0v) is 14.8. The number of nitro groups is 1. The summed E-state index contributed by atoms with van der Waals surface area (Å²) in [6, 6.07) is 23.2. The maximum Gasteiger partial charge on any atom is 0.324 e. The number of rotatable bonds is 7. The molecule has 1 heterocycles. The molecule has 6 heteroatoms. The van der Waals surface area contributed by atoms with E-state index in [4.69, 9.17) is 0 Å². The number of amides is 1. The van der Waals surface area contributed by atoms with Gasteiger partial charge in [-0.1, -0.05) is 72.0 Å². The van der Waals surface area contributed by atoms with Crippen LogP contribution in [0.15, 0.2) is 72.8 Å². The predicted octanol–water partition coefficient (Wildman–Crippen LogP) is 4.61. The van der Waals surface area contributed by atoms with Gasteiger partial charge in [-0.2, -0.15) is 0 Å². The number of benzene rings is 2. The van der Waals surface area contributed by atoms with E-state index in [1.165, 1.54) is 23.3 Å². The average molecular weight is 366 g/mol. The molecule has 0 fully saturated rings. The fourth-order valence-corrected chi connectivity index (χ4v) is 3.60. The molecule has 0 aliphatic heterocycles. The molecule has 1 N–H and O–H groups in total. The normalized spacial score (nSPS) is 10.7. The fraction of sp³-hybridized carbons (Fsp3) is 0.150. The first kappa shape index (κ1) is 17.8. The topological polar surface area (TPSA) is 72.2 Å². The standard InChI is InChI=1S/C20H18N2O3S/c23-20(18-11-12-19(26-18)22(24)25)21-14-13-17(15-7-3-1-4-8-15)16-9-5-2-6-10-16/h1-12,17H,13-14H2,(H,21,23). The second-order valence-electron chi connectivity index (χ2n) is 5.81. The van der Waals surface area contributed by atoms with Crippen LogP contribution in [0.25, 0.3) is 0 Å². The van der Waals surface area contributed by atoms with Gasteiger partial charge < -0.3 is 5.32 Å². The first-order valence-electron chi connectivity index (χ1n) is 8.27. The van der Waals surface area contributed by atoms with Gasteiger partial charge in [-0.15, -0.1) is 0 Å². The molecule has 0 bridgehead atoms. The third-order valence-corrected chi connectivity index (χ3v) is 5.15. The maximum atomic E-state index is 12.2. The second-order valence-corrected chi connectivity index (χ2v) is 6.88. The Morgan fingerprint density at radius 1 is 0.962 bits per heavy atom. The van der Waals surface area contributed by atoms with E-state index in [0.29, 0.717) is 11.4 Å². The molecular weight excluding hydrogens is 348 g/mol. The summed E-state index contributed by atoms with van der Waals surface area (Å²) in [6.07, 6.45) is 0.743. The van der Waals surface area contributed by atoms with Crippen molar-refractivity contribution in [2.75, 3.05) is 6.54 Å². The summed E-state index contributed by atoms with van der Waals surface area (Å²) in [5, 5.41) is 13.6. The lowest BCUT2D eigenvalue weighted by atomic mass is 9.88. The fourth-order valence-electron chi connectivity index (χ4n) is 2.86. The first-order valence-corrected chi connectivity index (χ1v) is 9.09. The van der Waals surface area contributed by atoms with Crippen LogP contribution >= 0.6 is 11.3 Å². The van der Waals surface area contributed by atoms with E-state index in [-0.39, 0.29) is 16.8 Å². The molecule has 0 unspecified atom stereocenters. The third kappa shape index (κ3) is 4.34. The number of carbonyl (C=O) groups is 1. The van der Waals surface area contributed by atoms with Gasteiger partial charge in [0, 0.05) is 18.5 Å². The van der Waals surface area contributed by atoms with Gasteiger partial charge in [-0.05, 0) is 23.6 Å². The molecule has 2 aromatic carbocycles. The molecule has 26 heavy (non-hydrogen) atoms. The van der Waals surface area contributed by atoms with Crippen molar-refractivity contribution < 1.29 is 9.72 Å². The van der Waals surface area contributed by atoms with Crippen molar-refractivity contribution in [1.82, 2.24) is 5.32 Å². The number of nitrogens with one attached hydrogen (secondary N) is 1. The summed E-state index contributed by atoms with van der Waals surface area (Å²) in [4.78, 5) is 22.8. The van der Waals surface area contributed by atoms with Gasteiger partial charge in [0.2, 0.25) is 0 Å². The summed E-state index contributed by atoms with van der Waals surface area (Å²) in [6.45, 7) is 0.485. The third-order valence-electron chi connectivity index (χ3n) is 4.12. The predicted molar refractivity (Wildman–Crippen MR) is 103 cm³/mol. The molecule has 1 aromatic heterocycles. The Balaban J connectivity index is 1.66. The van der Waals surface area contributed by atoms with E-state index in [2.05, 4.69) is 29.6 Å². The van der Waals surface area contributed by atoms with E-state index >= 15 is 0 Å². The van der Waals surface area contributed by atoms with Gasteiger partial charge >= 0.3 is 5.00 Å². The molecule has 1 amide bonds. The van der Waals surface area contributed by atoms with Gasteiger partial charge in [-0.3, -0.25) is 14.9 Å². The summed E-state index contributed by atoms with van der Waals surface area (Å²) in [7, 11) is 0. The molecule has 132 valence electrons. The molecule has 0 saturated heterocycles. The van der Waals surface area contributed by atoms with Crippen molar-refractivity contribution in [2.24, 2.45) is 0 Å². The van der Waals surface area contributed by atoms with Gasteiger partial charge in [-0.25, -0.2) is 0 Å². The van der Waals surface area contributed by atoms with Crippen molar-refractivity contribution in [3.05, 3.63) is 98.9 Å². The molecule has 0 aliphatic carbocycles. The van der Waals surface area contributed by atoms with Crippen molar-refractivity contribution in [3.63, 3.8) is 0 Å². The maximum absolute atomic E-state index is 12.2. The van der Waals surface area contributed by atoms with E-state index in [9.17, 15) is 14.9 Å². The molecule has 3 rings (SSSR count). The van der Waals surface area contributed by atoms with Crippen molar-refractivity contribution in [1.29, 1.82) is 0 Å². The minimum atomic E-state index is -0.484. The molecular formula is C20H18N2O3S. The lowest BCUT2D eigenvalue weighted by Gasteiger charge is -2.18. The minimum Gasteiger partial charge on any atom is -0.351 e. The monoisotopic (exact) mass is 366 g/mol. The number of carbonyl (C=O) groups excluding carboxylic acids is 1. The van der Waals surface area contributed by atoms with Crippen LogP contribution in [-0.4, -0.2) is 17.4 Å². The summed E-state index contributed by atoms with van der Waals surface area (Å²) in [5.41, 5.74) is 2.39. The van der Waals surface area contributed by atoms with Crippen molar-refractivity contribution >= 4 is 22.2 Å². The summed E-state index contributed by atoms with van der Waals surface area (Å²) >= 11 is 0.890. The van der Waals surface area contributed by atoms with Crippen LogP contribution in [0.4, 0.5) is 5.00 Å². The lowest BCUT2D eigenvalue weighted by molar-refractivity contribution is -0.380. The quantitative estimate of drug-likeness (QED) is 0.490. The van der Waals surface area contributed by atoms with Crippen LogP contribution in [0.1, 0.15) is 33.1 Å². The van der Waals surface area contributed by atoms with E-state index in [0.717, 1.165) is 17.8 Å². The van der Waals surface area contributed by atoms with Crippen molar-refractivity contribution in [2.45, 2.75) is 12.3 Å². The number of hydrogen-bond acceptors (Lipinski definition) is 4. The molecule has 0 aliphatic rings. The molecule has 0 spiro atoms. The number of hydrogen-bond donors (Lipinski definition) is 1. The van der Waals surface area contributed by atoms with Crippen LogP contribution < -0.4 is 5.32 Å². The molecule has 3 aromatic rings. The van der Waals surface area contributed by atoms with Gasteiger partial charge in [0.15, 0.2) is 0 Å². The second kappa shape index (κ2) is 8.40. The van der Waals surface area contributed by atoms with Crippen LogP contribution in [0.3, 0.4) is 0 Å². The van der Waals surface area contributed by atoms with Gasteiger partial charge in [0.25, 0.3) is 5.91 Å². The van der Waals surface area contributed by atoms with Crippen LogP contribution in [-0.2, 0) is 0 Å². The summed E-state index contributed by atoms with van der Waals surface area (Å²) < 4.78 is 0. The molecule has 0 radical (unpaired) electrons. The zero-order chi connectivity index (χ0) is 18.4. The van der Waals surface area contributed by atoms with E-state index < -0.39 is 4.92 Å². The summed E-state index contributed by atoms with van der Waals surface area (Å²) in [5.74, 6) is -0.0988. The Labute approximate surface area is 155 Å². The van der Waals surface area contributed by atoms with Crippen LogP contribution in [0.2, 0.25) is 0 Å². The Morgan fingerprint density at radius 2 is 1.54 bits per heavy atom. The Bertz CT molecular complexity index is 839. The first-order chi connectivity index (χ1) is 12.6. The largest absolute Gasteiger partial charge is 0.351 e. The minimum absolute atomic E-state index is 0.0263. The molecule has 0 saturated carbocycles. The highest BCUT2D eigenvalue weighted by atomic mass is 32.1. The highest BCUT2D eigenvalue weighted by molar-refractivity contribution is 7.17. The van der Waals surface area contributed by atoms with E-state index in [1.54, 1.807) is 0 Å². The molecule has 0 atom stereocenters.